The Bertz CT molecular complexity index is 1100. The van der Waals surface area contributed by atoms with Crippen LogP contribution in [-0.2, 0) is 6.54 Å². The van der Waals surface area contributed by atoms with Crippen molar-refractivity contribution in [2.24, 2.45) is 0 Å². The number of nitrogens with one attached hydrogen (secondary N) is 1. The molecule has 0 aliphatic rings. The molecule has 4 rings (SSSR count). The minimum absolute atomic E-state index is 0.234. The molecular formula is C18H14FN5OS. The number of aromatic nitrogens is 4. The number of thiazole rings is 1. The third kappa shape index (κ3) is 3.18. The number of carbonyl (C=O) groups excluding carboxylic acids is 1. The lowest BCUT2D eigenvalue weighted by molar-refractivity contribution is 0.0950. The minimum atomic E-state index is -0.497. The van der Waals surface area contributed by atoms with Gasteiger partial charge in [-0.2, -0.15) is 5.10 Å². The quantitative estimate of drug-likeness (QED) is 0.601. The normalized spacial score (nSPS) is 11.0. The molecule has 0 aliphatic heterocycles. The molecule has 3 aromatic heterocycles. The van der Waals surface area contributed by atoms with E-state index in [0.29, 0.717) is 23.4 Å². The van der Waals surface area contributed by atoms with Crippen LogP contribution in [-0.4, -0.2) is 25.5 Å². The molecule has 6 nitrogen and oxygen atoms in total. The SMILES string of the molecule is Cc1nc(CNC(=O)c2cc(F)cc(-c3cnc4cccnn34)c2)cs1. The molecule has 0 radical (unpaired) electrons. The molecule has 1 amide bonds. The number of benzene rings is 1. The Labute approximate surface area is 152 Å². The van der Waals surface area contributed by atoms with Gasteiger partial charge in [-0.1, -0.05) is 0 Å². The van der Waals surface area contributed by atoms with Crippen LogP contribution in [0.5, 0.6) is 0 Å². The Hall–Kier alpha value is -3.13. The first-order chi connectivity index (χ1) is 12.6. The summed E-state index contributed by atoms with van der Waals surface area (Å²) in [5.41, 5.74) is 2.81. The summed E-state index contributed by atoms with van der Waals surface area (Å²) in [7, 11) is 0. The molecule has 0 fully saturated rings. The molecule has 0 saturated carbocycles. The van der Waals surface area contributed by atoms with Crippen molar-refractivity contribution in [1.82, 2.24) is 24.9 Å². The van der Waals surface area contributed by atoms with Crippen molar-refractivity contribution in [3.8, 4) is 11.3 Å². The van der Waals surface area contributed by atoms with Crippen molar-refractivity contribution in [1.29, 1.82) is 0 Å². The summed E-state index contributed by atoms with van der Waals surface area (Å²) in [5, 5.41) is 9.81. The zero-order valence-corrected chi connectivity index (χ0v) is 14.6. The number of halogens is 1. The van der Waals surface area contributed by atoms with Crippen LogP contribution in [0.1, 0.15) is 21.1 Å². The van der Waals surface area contributed by atoms with Gasteiger partial charge in [-0.25, -0.2) is 18.9 Å². The highest BCUT2D eigenvalue weighted by Gasteiger charge is 2.13. The predicted molar refractivity (Wildman–Crippen MR) is 96.4 cm³/mol. The van der Waals surface area contributed by atoms with Gasteiger partial charge >= 0.3 is 0 Å². The van der Waals surface area contributed by atoms with E-state index >= 15 is 0 Å². The van der Waals surface area contributed by atoms with Crippen molar-refractivity contribution in [3.63, 3.8) is 0 Å². The van der Waals surface area contributed by atoms with Gasteiger partial charge in [0, 0.05) is 22.7 Å². The van der Waals surface area contributed by atoms with Crippen LogP contribution < -0.4 is 5.32 Å². The van der Waals surface area contributed by atoms with E-state index in [2.05, 4.69) is 20.4 Å². The Morgan fingerprint density at radius 3 is 3.04 bits per heavy atom. The number of nitrogens with zero attached hydrogens (tertiary/aromatic N) is 4. The van der Waals surface area contributed by atoms with Gasteiger partial charge in [-0.15, -0.1) is 11.3 Å². The molecule has 0 bridgehead atoms. The second-order valence-electron chi connectivity index (χ2n) is 5.71. The molecule has 0 spiro atoms. The maximum absolute atomic E-state index is 14.1. The van der Waals surface area contributed by atoms with Gasteiger partial charge in [0.25, 0.3) is 5.91 Å². The molecule has 0 unspecified atom stereocenters. The molecule has 1 aromatic carbocycles. The lowest BCUT2D eigenvalue weighted by Crippen LogP contribution is -2.23. The van der Waals surface area contributed by atoms with Crippen molar-refractivity contribution in [3.05, 3.63) is 70.2 Å². The maximum atomic E-state index is 14.1. The first-order valence-corrected chi connectivity index (χ1v) is 8.77. The van der Waals surface area contributed by atoms with Gasteiger partial charge in [0.15, 0.2) is 5.65 Å². The minimum Gasteiger partial charge on any atom is -0.346 e. The van der Waals surface area contributed by atoms with E-state index in [1.165, 1.54) is 23.5 Å². The number of rotatable bonds is 4. The third-order valence-electron chi connectivity index (χ3n) is 3.83. The highest BCUT2D eigenvalue weighted by atomic mass is 32.1. The van der Waals surface area contributed by atoms with Gasteiger partial charge < -0.3 is 5.32 Å². The van der Waals surface area contributed by atoms with E-state index < -0.39 is 5.82 Å². The van der Waals surface area contributed by atoms with Crippen molar-refractivity contribution < 1.29 is 9.18 Å². The average molecular weight is 367 g/mol. The molecule has 0 saturated heterocycles. The van der Waals surface area contributed by atoms with Crippen LogP contribution in [0.4, 0.5) is 4.39 Å². The zero-order valence-electron chi connectivity index (χ0n) is 13.8. The topological polar surface area (TPSA) is 72.2 Å². The fourth-order valence-corrected chi connectivity index (χ4v) is 3.27. The van der Waals surface area contributed by atoms with Gasteiger partial charge in [0.2, 0.25) is 0 Å². The molecule has 8 heteroatoms. The first kappa shape index (κ1) is 16.3. The molecule has 0 aliphatic carbocycles. The second-order valence-corrected chi connectivity index (χ2v) is 6.77. The highest BCUT2D eigenvalue weighted by Crippen LogP contribution is 2.22. The molecule has 1 N–H and O–H groups in total. The molecular weight excluding hydrogens is 353 g/mol. The Kier molecular flexibility index (Phi) is 4.18. The summed E-state index contributed by atoms with van der Waals surface area (Å²) in [4.78, 5) is 21.0. The second kappa shape index (κ2) is 6.64. The molecule has 26 heavy (non-hydrogen) atoms. The van der Waals surface area contributed by atoms with E-state index in [0.717, 1.165) is 10.7 Å². The predicted octanol–water partition coefficient (Wildman–Crippen LogP) is 3.23. The average Bonchev–Trinajstić information content (AvgIpc) is 3.25. The Morgan fingerprint density at radius 1 is 1.35 bits per heavy atom. The summed E-state index contributed by atoms with van der Waals surface area (Å²) in [5.74, 6) is -0.860. The third-order valence-corrected chi connectivity index (χ3v) is 4.65. The number of fused-ring (bicyclic) bond motifs is 1. The summed E-state index contributed by atoms with van der Waals surface area (Å²) in [6, 6.07) is 7.78. The lowest BCUT2D eigenvalue weighted by atomic mass is 10.1. The number of hydrogen-bond donors (Lipinski definition) is 1. The number of hydrogen-bond acceptors (Lipinski definition) is 5. The Balaban J connectivity index is 1.62. The number of aryl methyl sites for hydroxylation is 1. The van der Waals surface area contributed by atoms with Gasteiger partial charge in [0.05, 0.1) is 29.1 Å². The number of carbonyl (C=O) groups is 1. The Morgan fingerprint density at radius 2 is 2.23 bits per heavy atom. The van der Waals surface area contributed by atoms with Crippen LogP contribution >= 0.6 is 11.3 Å². The van der Waals surface area contributed by atoms with Gasteiger partial charge in [-0.3, -0.25) is 4.79 Å². The molecule has 130 valence electrons. The van der Waals surface area contributed by atoms with Gasteiger partial charge in [0.1, 0.15) is 5.82 Å². The summed E-state index contributed by atoms with van der Waals surface area (Å²) in [6.07, 6.45) is 3.23. The molecule has 0 atom stereocenters. The van der Waals surface area contributed by atoms with Crippen molar-refractivity contribution in [2.75, 3.05) is 0 Å². The van der Waals surface area contributed by atoms with Crippen LogP contribution in [0.15, 0.2) is 48.1 Å². The largest absolute Gasteiger partial charge is 0.346 e. The standard InChI is InChI=1S/C18H14FN5OS/c1-11-23-15(10-26-11)8-21-18(25)13-5-12(6-14(19)7-13)16-9-20-17-3-2-4-22-24(16)17/h2-7,9-10H,8H2,1H3,(H,21,25). The van der Waals surface area contributed by atoms with Crippen LogP contribution in [0.25, 0.3) is 16.9 Å². The number of amides is 1. The summed E-state index contributed by atoms with van der Waals surface area (Å²) >= 11 is 1.52. The van der Waals surface area contributed by atoms with Gasteiger partial charge in [-0.05, 0) is 37.3 Å². The molecule has 4 aromatic rings. The summed E-state index contributed by atoms with van der Waals surface area (Å²) in [6.45, 7) is 2.20. The summed E-state index contributed by atoms with van der Waals surface area (Å²) < 4.78 is 15.7. The van der Waals surface area contributed by atoms with E-state index in [9.17, 15) is 9.18 Å². The fraction of sp³-hybridized carbons (Fsp3) is 0.111. The maximum Gasteiger partial charge on any atom is 0.251 e. The first-order valence-electron chi connectivity index (χ1n) is 7.89. The fourth-order valence-electron chi connectivity index (χ4n) is 2.66. The van der Waals surface area contributed by atoms with Crippen molar-refractivity contribution in [2.45, 2.75) is 13.5 Å². The van der Waals surface area contributed by atoms with E-state index in [4.69, 9.17) is 0 Å². The van der Waals surface area contributed by atoms with E-state index in [1.54, 1.807) is 35.1 Å². The van der Waals surface area contributed by atoms with Crippen molar-refractivity contribution >= 4 is 22.9 Å². The highest BCUT2D eigenvalue weighted by molar-refractivity contribution is 7.09. The van der Waals surface area contributed by atoms with E-state index in [-0.39, 0.29) is 11.5 Å². The molecule has 3 heterocycles. The monoisotopic (exact) mass is 367 g/mol. The lowest BCUT2D eigenvalue weighted by Gasteiger charge is -2.07. The number of imidazole rings is 1. The van der Waals surface area contributed by atoms with Crippen LogP contribution in [0.2, 0.25) is 0 Å². The van der Waals surface area contributed by atoms with Crippen LogP contribution in [0.3, 0.4) is 0 Å². The smallest absolute Gasteiger partial charge is 0.251 e. The zero-order chi connectivity index (χ0) is 18.1. The van der Waals surface area contributed by atoms with E-state index in [1.807, 2.05) is 12.3 Å². The van der Waals surface area contributed by atoms with Crippen LogP contribution in [0, 0.1) is 12.7 Å².